The van der Waals surface area contributed by atoms with Crippen LogP contribution in [0.4, 0.5) is 0 Å². The molecular weight excluding hydrogens is 286 g/mol. The van der Waals surface area contributed by atoms with Gasteiger partial charge in [0, 0.05) is 11.4 Å². The number of hydrogen-bond donors (Lipinski definition) is 2. The Hall–Kier alpha value is -0.850. The first-order valence-electron chi connectivity index (χ1n) is 6.02. The Morgan fingerprint density at radius 1 is 1.37 bits per heavy atom. The summed E-state index contributed by atoms with van der Waals surface area (Å²) in [5.74, 6) is 0.848. The molecule has 19 heavy (non-hydrogen) atoms. The highest BCUT2D eigenvalue weighted by Gasteiger charge is 2.18. The van der Waals surface area contributed by atoms with Gasteiger partial charge in [-0.2, -0.15) is 0 Å². The summed E-state index contributed by atoms with van der Waals surface area (Å²) in [6.45, 7) is 1.61. The molecule has 0 aliphatic rings. The number of nitrogens with one attached hydrogen (secondary N) is 1. The predicted octanol–water partition coefficient (Wildman–Crippen LogP) is 2.68. The fourth-order valence-electron chi connectivity index (χ4n) is 1.72. The molecule has 104 valence electrons. The molecule has 2 rings (SSSR count). The molecule has 2 aromatic heterocycles. The molecule has 0 aliphatic carbocycles. The number of furan rings is 1. The van der Waals surface area contributed by atoms with Crippen molar-refractivity contribution in [1.82, 2.24) is 5.32 Å². The maximum atomic E-state index is 8.63. The molecular formula is C13H16ClNO3S. The molecule has 0 fully saturated rings. The summed E-state index contributed by atoms with van der Waals surface area (Å²) in [6.07, 6.45) is 1.65. The zero-order valence-corrected chi connectivity index (χ0v) is 11.9. The molecule has 0 aromatic carbocycles. The van der Waals surface area contributed by atoms with Gasteiger partial charge in [-0.15, -0.1) is 11.3 Å². The molecule has 1 atom stereocenters. The van der Waals surface area contributed by atoms with Crippen LogP contribution in [-0.4, -0.2) is 31.5 Å². The lowest BCUT2D eigenvalue weighted by Crippen LogP contribution is -2.25. The van der Waals surface area contributed by atoms with E-state index in [0.717, 1.165) is 15.0 Å². The number of aliphatic hydroxyl groups excluding tert-OH is 1. The second-order valence-electron chi connectivity index (χ2n) is 3.88. The minimum absolute atomic E-state index is 0.0229. The first-order chi connectivity index (χ1) is 9.31. The van der Waals surface area contributed by atoms with Crippen molar-refractivity contribution >= 4 is 22.9 Å². The highest BCUT2D eigenvalue weighted by Crippen LogP contribution is 2.31. The Kier molecular flexibility index (Phi) is 5.88. The van der Waals surface area contributed by atoms with Gasteiger partial charge >= 0.3 is 0 Å². The summed E-state index contributed by atoms with van der Waals surface area (Å²) in [5.41, 5.74) is 0. The van der Waals surface area contributed by atoms with E-state index in [9.17, 15) is 0 Å². The van der Waals surface area contributed by atoms with Crippen LogP contribution in [0.1, 0.15) is 16.7 Å². The maximum Gasteiger partial charge on any atom is 0.126 e. The first kappa shape index (κ1) is 14.6. The molecule has 0 aliphatic heterocycles. The Morgan fingerprint density at radius 3 is 2.89 bits per heavy atom. The van der Waals surface area contributed by atoms with Gasteiger partial charge in [-0.3, -0.25) is 0 Å². The van der Waals surface area contributed by atoms with Crippen LogP contribution in [-0.2, 0) is 4.74 Å². The molecule has 0 radical (unpaired) electrons. The van der Waals surface area contributed by atoms with Crippen molar-refractivity contribution in [2.75, 3.05) is 26.4 Å². The molecule has 1 unspecified atom stereocenters. The van der Waals surface area contributed by atoms with E-state index in [-0.39, 0.29) is 12.6 Å². The molecule has 2 aromatic rings. The van der Waals surface area contributed by atoms with Gasteiger partial charge in [0.05, 0.1) is 30.4 Å². The van der Waals surface area contributed by atoms with E-state index >= 15 is 0 Å². The SMILES string of the molecule is OCCOCCNC(c1ccco1)c1ccc(Cl)s1. The highest BCUT2D eigenvalue weighted by atomic mass is 35.5. The Bertz CT molecular complexity index is 472. The first-order valence-corrected chi connectivity index (χ1v) is 7.21. The van der Waals surface area contributed by atoms with Crippen LogP contribution in [0.2, 0.25) is 4.34 Å². The smallest absolute Gasteiger partial charge is 0.126 e. The molecule has 4 nitrogen and oxygen atoms in total. The summed E-state index contributed by atoms with van der Waals surface area (Å²) in [5, 5.41) is 12.0. The molecule has 0 spiro atoms. The zero-order valence-electron chi connectivity index (χ0n) is 10.3. The fraction of sp³-hybridized carbons (Fsp3) is 0.385. The van der Waals surface area contributed by atoms with Gasteiger partial charge in [0.2, 0.25) is 0 Å². The average molecular weight is 302 g/mol. The highest BCUT2D eigenvalue weighted by molar-refractivity contribution is 7.16. The van der Waals surface area contributed by atoms with E-state index in [1.165, 1.54) is 11.3 Å². The normalized spacial score (nSPS) is 12.7. The third-order valence-corrected chi connectivity index (χ3v) is 3.83. The van der Waals surface area contributed by atoms with Crippen molar-refractivity contribution in [3.05, 3.63) is 45.5 Å². The molecule has 6 heteroatoms. The van der Waals surface area contributed by atoms with Gasteiger partial charge in [-0.25, -0.2) is 0 Å². The maximum absolute atomic E-state index is 8.63. The van der Waals surface area contributed by atoms with Crippen LogP contribution in [0.15, 0.2) is 34.9 Å². The zero-order chi connectivity index (χ0) is 13.5. The molecule has 0 saturated carbocycles. The molecule has 2 N–H and O–H groups in total. The van der Waals surface area contributed by atoms with Crippen molar-refractivity contribution in [3.63, 3.8) is 0 Å². The van der Waals surface area contributed by atoms with Crippen LogP contribution in [0.3, 0.4) is 0 Å². The third kappa shape index (κ3) is 4.33. The Labute approximate surface area is 121 Å². The molecule has 0 saturated heterocycles. The lowest BCUT2D eigenvalue weighted by atomic mass is 10.2. The monoisotopic (exact) mass is 301 g/mol. The van der Waals surface area contributed by atoms with Gasteiger partial charge in [0.25, 0.3) is 0 Å². The number of rotatable bonds is 8. The molecule has 0 amide bonds. The van der Waals surface area contributed by atoms with Crippen LogP contribution in [0, 0.1) is 0 Å². The van der Waals surface area contributed by atoms with Crippen LogP contribution >= 0.6 is 22.9 Å². The average Bonchev–Trinajstić information content (AvgIpc) is 3.05. The van der Waals surface area contributed by atoms with Crippen LogP contribution in [0.25, 0.3) is 0 Å². The van der Waals surface area contributed by atoms with Gasteiger partial charge in [-0.1, -0.05) is 11.6 Å². The quantitative estimate of drug-likeness (QED) is 0.736. The summed E-state index contributed by atoms with van der Waals surface area (Å²) in [6, 6.07) is 7.63. The van der Waals surface area contributed by atoms with E-state index < -0.39 is 0 Å². The van der Waals surface area contributed by atoms with Crippen molar-refractivity contribution < 1.29 is 14.3 Å². The standard InChI is InChI=1S/C13H16ClNO3S/c14-12-4-3-11(19-12)13(10-2-1-7-18-10)15-5-8-17-9-6-16/h1-4,7,13,15-16H,5-6,8-9H2. The molecule has 0 bridgehead atoms. The van der Waals surface area contributed by atoms with E-state index in [2.05, 4.69) is 5.32 Å². The van der Waals surface area contributed by atoms with E-state index in [4.69, 9.17) is 25.9 Å². The van der Waals surface area contributed by atoms with E-state index in [1.807, 2.05) is 24.3 Å². The minimum atomic E-state index is -0.0229. The number of aliphatic hydroxyl groups is 1. The van der Waals surface area contributed by atoms with Crippen molar-refractivity contribution in [2.45, 2.75) is 6.04 Å². The van der Waals surface area contributed by atoms with Gasteiger partial charge in [0.15, 0.2) is 0 Å². The minimum Gasteiger partial charge on any atom is -0.467 e. The van der Waals surface area contributed by atoms with Crippen molar-refractivity contribution in [1.29, 1.82) is 0 Å². The largest absolute Gasteiger partial charge is 0.467 e. The third-order valence-electron chi connectivity index (χ3n) is 2.54. The number of ether oxygens (including phenoxy) is 1. The summed E-state index contributed by atoms with van der Waals surface area (Å²) in [4.78, 5) is 1.10. The Morgan fingerprint density at radius 2 is 2.26 bits per heavy atom. The lowest BCUT2D eigenvalue weighted by molar-refractivity contribution is 0.0928. The van der Waals surface area contributed by atoms with Crippen LogP contribution < -0.4 is 5.32 Å². The van der Waals surface area contributed by atoms with Crippen LogP contribution in [0.5, 0.6) is 0 Å². The molecule has 2 heterocycles. The number of hydrogen-bond acceptors (Lipinski definition) is 5. The predicted molar refractivity (Wildman–Crippen MR) is 75.8 cm³/mol. The Balaban J connectivity index is 1.96. The van der Waals surface area contributed by atoms with E-state index in [0.29, 0.717) is 19.8 Å². The second kappa shape index (κ2) is 7.67. The fourth-order valence-corrected chi connectivity index (χ4v) is 2.87. The van der Waals surface area contributed by atoms with E-state index in [1.54, 1.807) is 6.26 Å². The van der Waals surface area contributed by atoms with Gasteiger partial charge in [-0.05, 0) is 24.3 Å². The summed E-state index contributed by atoms with van der Waals surface area (Å²) >= 11 is 7.50. The summed E-state index contributed by atoms with van der Waals surface area (Å²) in [7, 11) is 0. The van der Waals surface area contributed by atoms with Crippen molar-refractivity contribution in [3.8, 4) is 0 Å². The topological polar surface area (TPSA) is 54.6 Å². The number of thiophene rings is 1. The second-order valence-corrected chi connectivity index (χ2v) is 5.63. The van der Waals surface area contributed by atoms with Gasteiger partial charge in [0.1, 0.15) is 11.8 Å². The van der Waals surface area contributed by atoms with Crippen molar-refractivity contribution in [2.24, 2.45) is 0 Å². The van der Waals surface area contributed by atoms with Gasteiger partial charge < -0.3 is 19.6 Å². The lowest BCUT2D eigenvalue weighted by Gasteiger charge is -2.15. The summed E-state index contributed by atoms with van der Waals surface area (Å²) < 4.78 is 11.4. The number of halogens is 1.